The van der Waals surface area contributed by atoms with E-state index in [9.17, 15) is 9.90 Å². The van der Waals surface area contributed by atoms with Gasteiger partial charge in [0.1, 0.15) is 24.1 Å². The SMILES string of the molecule is O=C(O)c1ccc2nc(Cc3cc(F)c(-c4cccc(OCc5cncs5)n4)cc3F)n(C[C@@H]3CCO3)c2c1. The number of benzene rings is 2. The molecule has 198 valence electrons. The van der Waals surface area contributed by atoms with Crippen LogP contribution in [0.3, 0.4) is 0 Å². The summed E-state index contributed by atoms with van der Waals surface area (Å²) in [5.41, 5.74) is 3.39. The maximum Gasteiger partial charge on any atom is 0.335 e. The van der Waals surface area contributed by atoms with E-state index in [4.69, 9.17) is 9.47 Å². The summed E-state index contributed by atoms with van der Waals surface area (Å²) in [5, 5.41) is 9.43. The molecule has 1 aliphatic rings. The van der Waals surface area contributed by atoms with Crippen LogP contribution in [-0.4, -0.2) is 43.3 Å². The van der Waals surface area contributed by atoms with Gasteiger partial charge in [-0.2, -0.15) is 0 Å². The second kappa shape index (κ2) is 10.5. The van der Waals surface area contributed by atoms with Gasteiger partial charge in [0.15, 0.2) is 0 Å². The van der Waals surface area contributed by atoms with Crippen molar-refractivity contribution in [1.82, 2.24) is 19.5 Å². The maximum absolute atomic E-state index is 15.4. The minimum absolute atomic E-state index is 0.0122. The van der Waals surface area contributed by atoms with E-state index in [2.05, 4.69) is 15.0 Å². The van der Waals surface area contributed by atoms with E-state index < -0.39 is 17.6 Å². The minimum atomic E-state index is -1.05. The average Bonchev–Trinajstić information content (AvgIpc) is 3.54. The van der Waals surface area contributed by atoms with Gasteiger partial charge in [-0.05, 0) is 48.4 Å². The topological polar surface area (TPSA) is 99.4 Å². The molecule has 4 heterocycles. The first-order chi connectivity index (χ1) is 18.9. The van der Waals surface area contributed by atoms with Crippen molar-refractivity contribution in [2.45, 2.75) is 32.1 Å². The highest BCUT2D eigenvalue weighted by Gasteiger charge is 2.23. The summed E-state index contributed by atoms with van der Waals surface area (Å²) in [6.07, 6.45) is 2.52. The van der Waals surface area contributed by atoms with Gasteiger partial charge in [-0.25, -0.2) is 23.5 Å². The third-order valence-corrected chi connectivity index (χ3v) is 7.34. The Morgan fingerprint density at radius 3 is 2.77 bits per heavy atom. The molecule has 0 bridgehead atoms. The van der Waals surface area contributed by atoms with Crippen molar-refractivity contribution in [3.8, 4) is 17.1 Å². The predicted molar refractivity (Wildman–Crippen MR) is 140 cm³/mol. The van der Waals surface area contributed by atoms with Crippen LogP contribution in [-0.2, 0) is 24.3 Å². The van der Waals surface area contributed by atoms with Crippen LogP contribution in [0.15, 0.2) is 60.2 Å². The van der Waals surface area contributed by atoms with Crippen molar-refractivity contribution in [2.24, 2.45) is 0 Å². The molecule has 1 aliphatic heterocycles. The third kappa shape index (κ3) is 5.23. The molecule has 0 radical (unpaired) electrons. The number of pyridine rings is 1. The number of carboxylic acids is 1. The highest BCUT2D eigenvalue weighted by Crippen LogP contribution is 2.29. The number of aromatic nitrogens is 4. The summed E-state index contributed by atoms with van der Waals surface area (Å²) in [6.45, 7) is 1.37. The second-order valence-corrected chi connectivity index (χ2v) is 10.1. The number of ether oxygens (including phenoxy) is 2. The Morgan fingerprint density at radius 1 is 1.15 bits per heavy atom. The summed E-state index contributed by atoms with van der Waals surface area (Å²) in [6, 6.07) is 11.8. The maximum atomic E-state index is 15.4. The van der Waals surface area contributed by atoms with Crippen LogP contribution in [0.25, 0.3) is 22.3 Å². The average molecular weight is 549 g/mol. The molecule has 11 heteroatoms. The standard InChI is InChI=1S/C28H22F2N4O4S/c29-21-11-20(23-2-1-3-27(33-23)38-14-19-12-31-15-39-19)22(30)8-17(21)10-26-32-24-5-4-16(28(35)36)9-25(24)34(26)13-18-6-7-37-18/h1-5,8-9,11-12,15,18H,6-7,10,13-14H2,(H,35,36)/t18-/m0/s1. The highest BCUT2D eigenvalue weighted by atomic mass is 32.1. The lowest BCUT2D eigenvalue weighted by Gasteiger charge is -2.27. The largest absolute Gasteiger partial charge is 0.478 e. The van der Waals surface area contributed by atoms with Crippen LogP contribution >= 0.6 is 11.3 Å². The van der Waals surface area contributed by atoms with Gasteiger partial charge in [-0.15, -0.1) is 11.3 Å². The number of carboxylic acid groups (broad SMARTS) is 1. The van der Waals surface area contributed by atoms with Gasteiger partial charge in [-0.1, -0.05) is 6.07 Å². The van der Waals surface area contributed by atoms with Crippen LogP contribution in [0.1, 0.15) is 33.0 Å². The lowest BCUT2D eigenvalue weighted by atomic mass is 10.0. The monoisotopic (exact) mass is 548 g/mol. The molecule has 1 atom stereocenters. The molecule has 0 spiro atoms. The predicted octanol–water partition coefficient (Wildman–Crippen LogP) is 5.49. The molecule has 0 aliphatic carbocycles. The van der Waals surface area contributed by atoms with Crippen LogP contribution in [0.2, 0.25) is 0 Å². The van der Waals surface area contributed by atoms with Gasteiger partial charge >= 0.3 is 5.97 Å². The van der Waals surface area contributed by atoms with E-state index in [1.54, 1.807) is 42.0 Å². The Morgan fingerprint density at radius 2 is 2.03 bits per heavy atom. The first-order valence-corrected chi connectivity index (χ1v) is 13.1. The summed E-state index contributed by atoms with van der Waals surface area (Å²) in [5.74, 6) is -1.50. The number of fused-ring (bicyclic) bond motifs is 1. The van der Waals surface area contributed by atoms with Gasteiger partial charge in [0.2, 0.25) is 5.88 Å². The molecule has 8 nitrogen and oxygen atoms in total. The molecule has 39 heavy (non-hydrogen) atoms. The first-order valence-electron chi connectivity index (χ1n) is 12.2. The molecule has 1 N–H and O–H groups in total. The fourth-order valence-corrected chi connectivity index (χ4v) is 4.98. The Labute approximate surface area is 225 Å². The van der Waals surface area contributed by atoms with Crippen molar-refractivity contribution in [1.29, 1.82) is 0 Å². The number of halogens is 2. The number of carbonyl (C=O) groups is 1. The van der Waals surface area contributed by atoms with Gasteiger partial charge < -0.3 is 19.1 Å². The Balaban J connectivity index is 1.29. The summed E-state index contributed by atoms with van der Waals surface area (Å²) in [7, 11) is 0. The van der Waals surface area contributed by atoms with Crippen molar-refractivity contribution in [2.75, 3.05) is 6.61 Å². The Bertz CT molecular complexity index is 1670. The summed E-state index contributed by atoms with van der Waals surface area (Å²) < 4.78 is 43.8. The molecule has 1 saturated heterocycles. The Hall–Kier alpha value is -4.22. The van der Waals surface area contributed by atoms with Crippen molar-refractivity contribution in [3.63, 3.8) is 0 Å². The Kier molecular flexibility index (Phi) is 6.76. The minimum Gasteiger partial charge on any atom is -0.478 e. The van der Waals surface area contributed by atoms with Crippen LogP contribution < -0.4 is 4.74 Å². The van der Waals surface area contributed by atoms with E-state index in [-0.39, 0.29) is 47.4 Å². The van der Waals surface area contributed by atoms with E-state index in [1.807, 2.05) is 4.57 Å². The van der Waals surface area contributed by atoms with Crippen LogP contribution in [0.4, 0.5) is 8.78 Å². The van der Waals surface area contributed by atoms with Crippen LogP contribution in [0.5, 0.6) is 5.88 Å². The molecule has 0 unspecified atom stereocenters. The van der Waals surface area contributed by atoms with E-state index in [0.717, 1.165) is 23.4 Å². The number of hydrogen-bond donors (Lipinski definition) is 1. The van der Waals surface area contributed by atoms with E-state index in [1.165, 1.54) is 17.4 Å². The lowest BCUT2D eigenvalue weighted by molar-refractivity contribution is -0.0589. The van der Waals surface area contributed by atoms with Crippen molar-refractivity contribution in [3.05, 3.63) is 93.7 Å². The zero-order chi connectivity index (χ0) is 26.9. The van der Waals surface area contributed by atoms with Crippen molar-refractivity contribution < 1.29 is 28.2 Å². The molecule has 3 aromatic heterocycles. The highest BCUT2D eigenvalue weighted by molar-refractivity contribution is 7.09. The number of thiazole rings is 1. The summed E-state index contributed by atoms with van der Waals surface area (Å²) >= 11 is 1.45. The van der Waals surface area contributed by atoms with E-state index in [0.29, 0.717) is 30.0 Å². The number of rotatable bonds is 9. The molecule has 6 rings (SSSR count). The zero-order valence-corrected chi connectivity index (χ0v) is 21.3. The van der Waals surface area contributed by atoms with Gasteiger partial charge in [-0.3, -0.25) is 4.98 Å². The smallest absolute Gasteiger partial charge is 0.335 e. The number of hydrogen-bond acceptors (Lipinski definition) is 7. The molecule has 0 amide bonds. The molecular weight excluding hydrogens is 526 g/mol. The van der Waals surface area contributed by atoms with Crippen LogP contribution in [0, 0.1) is 11.6 Å². The zero-order valence-electron chi connectivity index (χ0n) is 20.5. The number of nitrogens with zero attached hydrogens (tertiary/aromatic N) is 4. The molecule has 2 aromatic carbocycles. The molecular formula is C28H22F2N4O4S. The quantitative estimate of drug-likeness (QED) is 0.260. The molecule has 1 fully saturated rings. The number of imidazole rings is 1. The molecule has 0 saturated carbocycles. The lowest BCUT2D eigenvalue weighted by Crippen LogP contribution is -2.31. The van der Waals surface area contributed by atoms with E-state index >= 15 is 8.78 Å². The van der Waals surface area contributed by atoms with Gasteiger partial charge in [0.25, 0.3) is 0 Å². The first kappa shape index (κ1) is 25.1. The van der Waals surface area contributed by atoms with Gasteiger partial charge in [0, 0.05) is 30.9 Å². The fraction of sp³-hybridized carbons (Fsp3) is 0.214. The second-order valence-electron chi connectivity index (χ2n) is 9.15. The van der Waals surface area contributed by atoms with Gasteiger partial charge in [0.05, 0.1) is 45.3 Å². The normalized spacial score (nSPS) is 14.9. The van der Waals surface area contributed by atoms with Crippen molar-refractivity contribution >= 4 is 28.3 Å². The summed E-state index contributed by atoms with van der Waals surface area (Å²) in [4.78, 5) is 25.4. The third-order valence-electron chi connectivity index (χ3n) is 6.58. The molecule has 5 aromatic rings. The number of aromatic carboxylic acids is 1. The fourth-order valence-electron chi connectivity index (χ4n) is 4.47.